The summed E-state index contributed by atoms with van der Waals surface area (Å²) in [6, 6.07) is 6.84. The zero-order valence-corrected chi connectivity index (χ0v) is 28.4. The normalized spacial score (nSPS) is 16.1. The van der Waals surface area contributed by atoms with Crippen LogP contribution in [-0.2, 0) is 27.9 Å². The van der Waals surface area contributed by atoms with Crippen LogP contribution in [0.2, 0.25) is 5.02 Å². The molecule has 4 heterocycles. The Kier molecular flexibility index (Phi) is 9.97. The van der Waals surface area contributed by atoms with Crippen LogP contribution >= 0.6 is 11.6 Å². The van der Waals surface area contributed by atoms with Crippen molar-refractivity contribution in [1.29, 1.82) is 0 Å². The summed E-state index contributed by atoms with van der Waals surface area (Å²) < 4.78 is 39.0. The van der Waals surface area contributed by atoms with E-state index in [1.165, 1.54) is 54.3 Å². The van der Waals surface area contributed by atoms with E-state index < -0.39 is 23.6 Å². The standard InChI is InChI=1S/C34H35ClF2N8O5/c1-19-24(17-39-45(19)14-15-50-3)21-6-7-23(30(37)29(21)36)27-18-38-31(42(27)2)32(47)40-20-4-5-22(25(35)16-20)33(48)43-10-12-44(13-11-43)34(49)26-8-9-28(46)41-26/h4-7,16-18,26H,8-15H2,1-3H3,(H,40,47)(H,41,46)/t26-/m0/s1. The van der Waals surface area contributed by atoms with E-state index in [9.17, 15) is 19.2 Å². The first-order valence-electron chi connectivity index (χ1n) is 16.0. The number of carbonyl (C=O) groups is 4. The Labute approximate surface area is 291 Å². The summed E-state index contributed by atoms with van der Waals surface area (Å²) in [5, 5.41) is 9.73. The Hall–Kier alpha value is -5.15. The second-order valence-corrected chi connectivity index (χ2v) is 12.5. The van der Waals surface area contributed by atoms with Gasteiger partial charge < -0.3 is 29.7 Å². The van der Waals surface area contributed by atoms with E-state index in [2.05, 4.69) is 20.7 Å². The third-order valence-corrected chi connectivity index (χ3v) is 9.39. The van der Waals surface area contributed by atoms with Gasteiger partial charge in [0, 0.05) is 74.8 Å². The number of anilines is 1. The number of carbonyl (C=O) groups excluding carboxylic acids is 4. The van der Waals surface area contributed by atoms with E-state index in [1.807, 2.05) is 0 Å². The summed E-state index contributed by atoms with van der Waals surface area (Å²) in [6.45, 7) is 3.90. The predicted octanol–water partition coefficient (Wildman–Crippen LogP) is 3.65. The maximum Gasteiger partial charge on any atom is 0.291 e. The summed E-state index contributed by atoms with van der Waals surface area (Å²) in [5.41, 5.74) is 1.79. The highest BCUT2D eigenvalue weighted by Gasteiger charge is 2.33. The van der Waals surface area contributed by atoms with Crippen LogP contribution in [0.15, 0.2) is 42.7 Å². The summed E-state index contributed by atoms with van der Waals surface area (Å²) in [4.78, 5) is 58.1. The van der Waals surface area contributed by atoms with Gasteiger partial charge in [0.15, 0.2) is 17.5 Å². The van der Waals surface area contributed by atoms with E-state index in [0.717, 1.165) is 0 Å². The molecule has 262 valence electrons. The predicted molar refractivity (Wildman–Crippen MR) is 179 cm³/mol. The molecule has 4 amide bonds. The van der Waals surface area contributed by atoms with Crippen molar-refractivity contribution in [2.75, 3.05) is 45.2 Å². The largest absolute Gasteiger partial charge is 0.383 e. The van der Waals surface area contributed by atoms with E-state index in [0.29, 0.717) is 63.4 Å². The number of amides is 4. The van der Waals surface area contributed by atoms with Crippen LogP contribution in [0.3, 0.4) is 0 Å². The first-order valence-corrected chi connectivity index (χ1v) is 16.4. The highest BCUT2D eigenvalue weighted by molar-refractivity contribution is 6.34. The molecule has 0 bridgehead atoms. The maximum atomic E-state index is 15.5. The molecule has 4 aromatic rings. The van der Waals surface area contributed by atoms with Crippen LogP contribution in [0.5, 0.6) is 0 Å². The monoisotopic (exact) mass is 708 g/mol. The Balaban J connectivity index is 1.11. The smallest absolute Gasteiger partial charge is 0.291 e. The van der Waals surface area contributed by atoms with Crippen molar-refractivity contribution in [3.63, 3.8) is 0 Å². The molecule has 0 spiro atoms. The topological polar surface area (TPSA) is 144 Å². The number of nitrogens with one attached hydrogen (secondary N) is 2. The van der Waals surface area contributed by atoms with Crippen LogP contribution in [0.1, 0.15) is 39.5 Å². The lowest BCUT2D eigenvalue weighted by atomic mass is 10.0. The number of hydrogen-bond donors (Lipinski definition) is 2. The average Bonchev–Trinajstić information content (AvgIpc) is 3.82. The fraction of sp³-hybridized carbons (Fsp3) is 0.353. The molecular weight excluding hydrogens is 674 g/mol. The summed E-state index contributed by atoms with van der Waals surface area (Å²) in [6.07, 6.45) is 3.56. The number of aromatic nitrogens is 4. The van der Waals surface area contributed by atoms with Crippen LogP contribution in [0.25, 0.3) is 22.4 Å². The molecule has 2 aliphatic heterocycles. The van der Waals surface area contributed by atoms with Gasteiger partial charge in [0.05, 0.1) is 41.8 Å². The number of hydrogen-bond acceptors (Lipinski definition) is 7. The molecule has 13 nitrogen and oxygen atoms in total. The highest BCUT2D eigenvalue weighted by atomic mass is 35.5. The molecular formula is C34H35ClF2N8O5. The lowest BCUT2D eigenvalue weighted by Gasteiger charge is -2.36. The molecule has 2 N–H and O–H groups in total. The van der Waals surface area contributed by atoms with Crippen LogP contribution in [0, 0.1) is 18.6 Å². The van der Waals surface area contributed by atoms with E-state index in [1.54, 1.807) is 28.5 Å². The molecule has 2 aliphatic rings. The molecule has 0 unspecified atom stereocenters. The van der Waals surface area contributed by atoms with Crippen molar-refractivity contribution >= 4 is 40.9 Å². The minimum Gasteiger partial charge on any atom is -0.383 e. The Morgan fingerprint density at radius 1 is 1.02 bits per heavy atom. The molecule has 6 rings (SSSR count). The Bertz CT molecular complexity index is 1990. The molecule has 2 aromatic heterocycles. The number of nitrogens with zero attached hydrogens (tertiary/aromatic N) is 6. The molecule has 2 aromatic carbocycles. The number of rotatable bonds is 9. The second kappa shape index (κ2) is 14.4. The van der Waals surface area contributed by atoms with Crippen LogP contribution in [0.4, 0.5) is 14.5 Å². The summed E-state index contributed by atoms with van der Waals surface area (Å²) >= 11 is 6.48. The van der Waals surface area contributed by atoms with Gasteiger partial charge in [0.2, 0.25) is 11.8 Å². The third-order valence-electron chi connectivity index (χ3n) is 9.08. The molecule has 50 heavy (non-hydrogen) atoms. The van der Waals surface area contributed by atoms with Crippen molar-refractivity contribution < 1.29 is 32.7 Å². The molecule has 2 fully saturated rings. The highest BCUT2D eigenvalue weighted by Crippen LogP contribution is 2.33. The molecule has 2 saturated heterocycles. The maximum absolute atomic E-state index is 15.5. The lowest BCUT2D eigenvalue weighted by molar-refractivity contribution is -0.135. The quantitative estimate of drug-likeness (QED) is 0.270. The molecule has 0 saturated carbocycles. The summed E-state index contributed by atoms with van der Waals surface area (Å²) in [5.74, 6) is -3.46. The minimum atomic E-state index is -1.09. The molecule has 0 radical (unpaired) electrons. The van der Waals surface area contributed by atoms with Gasteiger partial charge in [-0.3, -0.25) is 23.9 Å². The van der Waals surface area contributed by atoms with Gasteiger partial charge in [0.25, 0.3) is 11.8 Å². The second-order valence-electron chi connectivity index (χ2n) is 12.1. The SMILES string of the molecule is COCCn1ncc(-c2ccc(-c3cnc(C(=O)Nc4ccc(C(=O)N5CCN(C(=O)[C@@H]6CCC(=O)N6)CC5)c(Cl)c4)n3C)c(F)c2F)c1C. The van der Waals surface area contributed by atoms with Gasteiger partial charge in [-0.15, -0.1) is 0 Å². The number of methoxy groups -OCH3 is 1. The first kappa shape index (κ1) is 34.7. The first-order chi connectivity index (χ1) is 24.0. The van der Waals surface area contributed by atoms with Gasteiger partial charge >= 0.3 is 0 Å². The summed E-state index contributed by atoms with van der Waals surface area (Å²) in [7, 11) is 3.08. The number of benzene rings is 2. The average molecular weight is 709 g/mol. The van der Waals surface area contributed by atoms with E-state index >= 15 is 8.78 Å². The van der Waals surface area contributed by atoms with Crippen molar-refractivity contribution in [3.8, 4) is 22.4 Å². The molecule has 1 atom stereocenters. The van der Waals surface area contributed by atoms with Crippen molar-refractivity contribution in [2.24, 2.45) is 7.05 Å². The van der Waals surface area contributed by atoms with Crippen molar-refractivity contribution in [1.82, 2.24) is 34.4 Å². The zero-order valence-electron chi connectivity index (χ0n) is 27.6. The van der Waals surface area contributed by atoms with Crippen LogP contribution < -0.4 is 10.6 Å². The van der Waals surface area contributed by atoms with Gasteiger partial charge in [0.1, 0.15) is 6.04 Å². The molecule has 0 aliphatic carbocycles. The third kappa shape index (κ3) is 6.70. The zero-order chi connectivity index (χ0) is 35.7. The number of ether oxygens (including phenoxy) is 1. The fourth-order valence-corrected chi connectivity index (χ4v) is 6.47. The Morgan fingerprint density at radius 3 is 2.40 bits per heavy atom. The fourth-order valence-electron chi connectivity index (χ4n) is 6.21. The number of piperazine rings is 1. The Morgan fingerprint density at radius 2 is 1.72 bits per heavy atom. The van der Waals surface area contributed by atoms with Crippen molar-refractivity contribution in [3.05, 3.63) is 76.5 Å². The van der Waals surface area contributed by atoms with Gasteiger partial charge in [-0.2, -0.15) is 5.10 Å². The number of imidazole rings is 1. The lowest BCUT2D eigenvalue weighted by Crippen LogP contribution is -2.54. The van der Waals surface area contributed by atoms with Gasteiger partial charge in [-0.25, -0.2) is 13.8 Å². The van der Waals surface area contributed by atoms with Gasteiger partial charge in [-0.05, 0) is 37.6 Å². The minimum absolute atomic E-state index is 0.0549. The van der Waals surface area contributed by atoms with Gasteiger partial charge in [-0.1, -0.05) is 17.7 Å². The van der Waals surface area contributed by atoms with Crippen LogP contribution in [-0.4, -0.2) is 98.7 Å². The van der Waals surface area contributed by atoms with Crippen molar-refractivity contribution in [2.45, 2.75) is 32.4 Å². The van der Waals surface area contributed by atoms with E-state index in [-0.39, 0.29) is 56.6 Å². The van der Waals surface area contributed by atoms with E-state index in [4.69, 9.17) is 16.3 Å². The molecule has 16 heteroatoms. The number of halogens is 3.